The summed E-state index contributed by atoms with van der Waals surface area (Å²) in [5.74, 6) is 0.573. The van der Waals surface area contributed by atoms with Crippen LogP contribution in [0.3, 0.4) is 0 Å². The van der Waals surface area contributed by atoms with Crippen molar-refractivity contribution >= 4 is 27.9 Å². The van der Waals surface area contributed by atoms with Crippen molar-refractivity contribution in [1.82, 2.24) is 4.90 Å². The molecule has 0 aliphatic heterocycles. The molecular formula is C13H21N3OS. The zero-order valence-corrected chi connectivity index (χ0v) is 12.3. The fourth-order valence-electron chi connectivity index (χ4n) is 2.00. The summed E-state index contributed by atoms with van der Waals surface area (Å²) in [6.45, 7) is 3.04. The fourth-order valence-corrected chi connectivity index (χ4v) is 3.35. The molecule has 4 nitrogen and oxygen atoms in total. The number of rotatable bonds is 4. The van der Waals surface area contributed by atoms with Gasteiger partial charge >= 0.3 is 0 Å². The van der Waals surface area contributed by atoms with Crippen LogP contribution in [0.4, 0.5) is 10.7 Å². The summed E-state index contributed by atoms with van der Waals surface area (Å²) in [4.78, 5) is 16.6. The summed E-state index contributed by atoms with van der Waals surface area (Å²) in [5, 5.41) is 1.17. The predicted molar refractivity (Wildman–Crippen MR) is 77.7 cm³/mol. The molecule has 1 saturated carbocycles. The summed E-state index contributed by atoms with van der Waals surface area (Å²) in [7, 11) is 5.59. The Morgan fingerprint density at radius 2 is 2.00 bits per heavy atom. The smallest absolute Gasteiger partial charge is 0.265 e. The van der Waals surface area contributed by atoms with Crippen LogP contribution < -0.4 is 10.6 Å². The summed E-state index contributed by atoms with van der Waals surface area (Å²) < 4.78 is 0. The molecule has 0 spiro atoms. The topological polar surface area (TPSA) is 49.6 Å². The summed E-state index contributed by atoms with van der Waals surface area (Å²) in [5.41, 5.74) is 8.12. The van der Waals surface area contributed by atoms with Gasteiger partial charge in [0, 0.05) is 33.3 Å². The predicted octanol–water partition coefficient (Wildman–Crippen LogP) is 2.37. The maximum atomic E-state index is 12.1. The van der Waals surface area contributed by atoms with Gasteiger partial charge in [0.1, 0.15) is 4.88 Å². The van der Waals surface area contributed by atoms with Crippen LogP contribution in [-0.4, -0.2) is 38.5 Å². The average Bonchev–Trinajstić information content (AvgIpc) is 3.11. The minimum Gasteiger partial charge on any atom is -0.397 e. The Hall–Kier alpha value is -1.23. The SMILES string of the molecule is CCN(C)c1sc(C(=O)N(C)C)c(N)c1C1CC1. The zero-order valence-electron chi connectivity index (χ0n) is 11.5. The Morgan fingerprint density at radius 1 is 1.39 bits per heavy atom. The van der Waals surface area contributed by atoms with Crippen LogP contribution in [0.15, 0.2) is 0 Å². The van der Waals surface area contributed by atoms with Gasteiger partial charge in [-0.05, 0) is 25.7 Å². The number of hydrogen-bond donors (Lipinski definition) is 1. The van der Waals surface area contributed by atoms with E-state index in [1.807, 2.05) is 0 Å². The Morgan fingerprint density at radius 3 is 2.44 bits per heavy atom. The Balaban J connectivity index is 2.47. The molecule has 1 aromatic heterocycles. The van der Waals surface area contributed by atoms with E-state index in [1.54, 1.807) is 19.0 Å². The Kier molecular flexibility index (Phi) is 3.52. The van der Waals surface area contributed by atoms with Gasteiger partial charge < -0.3 is 15.5 Å². The maximum Gasteiger partial charge on any atom is 0.265 e. The van der Waals surface area contributed by atoms with E-state index >= 15 is 0 Å². The molecule has 1 heterocycles. The lowest BCUT2D eigenvalue weighted by atomic mass is 10.1. The zero-order chi connectivity index (χ0) is 13.4. The van der Waals surface area contributed by atoms with Gasteiger partial charge in [-0.25, -0.2) is 0 Å². The largest absolute Gasteiger partial charge is 0.397 e. The van der Waals surface area contributed by atoms with Gasteiger partial charge in [0.25, 0.3) is 5.91 Å². The molecule has 1 fully saturated rings. The van der Waals surface area contributed by atoms with E-state index in [1.165, 1.54) is 34.7 Å². The monoisotopic (exact) mass is 267 g/mol. The molecule has 18 heavy (non-hydrogen) atoms. The molecule has 0 bridgehead atoms. The van der Waals surface area contributed by atoms with Crippen molar-refractivity contribution in [3.05, 3.63) is 10.4 Å². The molecule has 5 heteroatoms. The molecular weight excluding hydrogens is 246 g/mol. The second kappa shape index (κ2) is 4.80. The number of carbonyl (C=O) groups excluding carboxylic acids is 1. The Labute approximate surface area is 112 Å². The highest BCUT2D eigenvalue weighted by atomic mass is 32.1. The number of thiophene rings is 1. The van der Waals surface area contributed by atoms with E-state index in [4.69, 9.17) is 5.73 Å². The van der Waals surface area contributed by atoms with Crippen LogP contribution in [0.25, 0.3) is 0 Å². The molecule has 1 aliphatic rings. The lowest BCUT2D eigenvalue weighted by Crippen LogP contribution is -2.21. The molecule has 0 atom stereocenters. The number of amides is 1. The van der Waals surface area contributed by atoms with Gasteiger partial charge in [0.2, 0.25) is 0 Å². The van der Waals surface area contributed by atoms with Crippen molar-refractivity contribution in [3.8, 4) is 0 Å². The first kappa shape index (κ1) is 13.2. The van der Waals surface area contributed by atoms with E-state index in [9.17, 15) is 4.79 Å². The van der Waals surface area contributed by atoms with E-state index in [0.717, 1.165) is 6.54 Å². The Bertz CT molecular complexity index is 463. The average molecular weight is 267 g/mol. The molecule has 1 aromatic rings. The quantitative estimate of drug-likeness (QED) is 0.911. The molecule has 1 amide bonds. The minimum absolute atomic E-state index is 0.00940. The van der Waals surface area contributed by atoms with E-state index < -0.39 is 0 Å². The molecule has 0 unspecified atom stereocenters. The van der Waals surface area contributed by atoms with Crippen molar-refractivity contribution in [3.63, 3.8) is 0 Å². The third-order valence-corrected chi connectivity index (χ3v) is 4.69. The molecule has 0 radical (unpaired) electrons. The third kappa shape index (κ3) is 2.19. The summed E-state index contributed by atoms with van der Waals surface area (Å²) >= 11 is 1.53. The standard InChI is InChI=1S/C13H21N3OS/c1-5-16(4)13-9(8-6-7-8)10(14)11(18-13)12(17)15(2)3/h8H,5-7,14H2,1-4H3. The fraction of sp³-hybridized carbons (Fsp3) is 0.615. The number of anilines is 2. The minimum atomic E-state index is 0.00940. The number of carbonyl (C=O) groups is 1. The highest BCUT2D eigenvalue weighted by Crippen LogP contribution is 2.51. The van der Waals surface area contributed by atoms with Crippen LogP contribution >= 0.6 is 11.3 Å². The number of nitrogens with zero attached hydrogens (tertiary/aromatic N) is 2. The summed E-state index contributed by atoms with van der Waals surface area (Å²) in [6.07, 6.45) is 2.39. The number of nitrogens with two attached hydrogens (primary N) is 1. The van der Waals surface area contributed by atoms with Crippen molar-refractivity contribution in [1.29, 1.82) is 0 Å². The van der Waals surface area contributed by atoms with Crippen molar-refractivity contribution in [2.45, 2.75) is 25.7 Å². The van der Waals surface area contributed by atoms with E-state index in [2.05, 4.69) is 18.9 Å². The number of hydrogen-bond acceptors (Lipinski definition) is 4. The van der Waals surface area contributed by atoms with Crippen LogP contribution in [0, 0.1) is 0 Å². The van der Waals surface area contributed by atoms with Gasteiger partial charge in [0.15, 0.2) is 0 Å². The maximum absolute atomic E-state index is 12.1. The highest BCUT2D eigenvalue weighted by Gasteiger charge is 2.34. The first-order valence-corrected chi connectivity index (χ1v) is 7.13. The molecule has 2 rings (SSSR count). The number of nitrogen functional groups attached to an aromatic ring is 1. The normalized spacial score (nSPS) is 14.7. The van der Waals surface area contributed by atoms with Gasteiger partial charge in [0.05, 0.1) is 10.7 Å². The first-order valence-electron chi connectivity index (χ1n) is 6.32. The lowest BCUT2D eigenvalue weighted by Gasteiger charge is -2.16. The van der Waals surface area contributed by atoms with Crippen LogP contribution in [0.5, 0.6) is 0 Å². The summed E-state index contributed by atoms with van der Waals surface area (Å²) in [6, 6.07) is 0. The van der Waals surface area contributed by atoms with Crippen LogP contribution in [0.1, 0.15) is 40.9 Å². The second-order valence-electron chi connectivity index (χ2n) is 5.05. The van der Waals surface area contributed by atoms with Gasteiger partial charge in [-0.15, -0.1) is 11.3 Å². The third-order valence-electron chi connectivity index (χ3n) is 3.37. The van der Waals surface area contributed by atoms with Crippen LogP contribution in [-0.2, 0) is 0 Å². The van der Waals surface area contributed by atoms with Crippen molar-refractivity contribution in [2.24, 2.45) is 0 Å². The van der Waals surface area contributed by atoms with Gasteiger partial charge in [-0.1, -0.05) is 0 Å². The van der Waals surface area contributed by atoms with Crippen molar-refractivity contribution < 1.29 is 4.79 Å². The molecule has 0 saturated heterocycles. The van der Waals surface area contributed by atoms with E-state index in [-0.39, 0.29) is 5.91 Å². The molecule has 1 aliphatic carbocycles. The molecule has 2 N–H and O–H groups in total. The van der Waals surface area contributed by atoms with Gasteiger partial charge in [-0.3, -0.25) is 4.79 Å². The second-order valence-corrected chi connectivity index (χ2v) is 6.05. The first-order chi connectivity index (χ1) is 8.47. The molecule has 0 aromatic carbocycles. The highest BCUT2D eigenvalue weighted by molar-refractivity contribution is 7.18. The lowest BCUT2D eigenvalue weighted by molar-refractivity contribution is 0.0833. The van der Waals surface area contributed by atoms with Gasteiger partial charge in [-0.2, -0.15) is 0 Å². The van der Waals surface area contributed by atoms with Crippen LogP contribution in [0.2, 0.25) is 0 Å². The van der Waals surface area contributed by atoms with E-state index in [0.29, 0.717) is 16.5 Å². The van der Waals surface area contributed by atoms with Crippen molar-refractivity contribution in [2.75, 3.05) is 38.3 Å². The molecule has 100 valence electrons.